The minimum atomic E-state index is -0.0658. The smallest absolute Gasteiger partial charge is 0.0273 e. The van der Waals surface area contributed by atoms with Gasteiger partial charge in [0, 0.05) is 17.8 Å². The quantitative estimate of drug-likeness (QED) is 0.247. The molecule has 0 aliphatic heterocycles. The van der Waals surface area contributed by atoms with Crippen LogP contribution in [-0.4, -0.2) is 4.98 Å². The van der Waals surface area contributed by atoms with Gasteiger partial charge in [-0.2, -0.15) is 0 Å². The molecule has 0 N–H and O–H groups in total. The Hall–Kier alpha value is -4.23. The van der Waals surface area contributed by atoms with Gasteiger partial charge in [-0.1, -0.05) is 74.5 Å². The number of aromatic nitrogens is 1. The summed E-state index contributed by atoms with van der Waals surface area (Å²) >= 11 is 0. The van der Waals surface area contributed by atoms with Crippen LogP contribution in [0.5, 0.6) is 0 Å². The topological polar surface area (TPSA) is 12.9 Å². The Bertz CT molecular complexity index is 1750. The zero-order chi connectivity index (χ0) is 23.6. The lowest BCUT2D eigenvalue weighted by molar-refractivity contribution is 0.663. The van der Waals surface area contributed by atoms with E-state index < -0.39 is 0 Å². The minimum Gasteiger partial charge on any atom is -0.265 e. The summed E-state index contributed by atoms with van der Waals surface area (Å²) in [5.74, 6) is 0. The average molecular weight is 448 g/mol. The molecule has 1 heteroatoms. The monoisotopic (exact) mass is 447 g/mol. The van der Waals surface area contributed by atoms with Gasteiger partial charge in [0.2, 0.25) is 0 Å². The van der Waals surface area contributed by atoms with E-state index in [0.29, 0.717) is 0 Å². The van der Waals surface area contributed by atoms with Gasteiger partial charge in [0.05, 0.1) is 0 Å². The predicted molar refractivity (Wildman–Crippen MR) is 148 cm³/mol. The summed E-state index contributed by atoms with van der Waals surface area (Å²) in [7, 11) is 0. The summed E-state index contributed by atoms with van der Waals surface area (Å²) in [4.78, 5) is 4.17. The van der Waals surface area contributed by atoms with Gasteiger partial charge in [-0.25, -0.2) is 0 Å². The molecule has 6 aromatic rings. The lowest BCUT2D eigenvalue weighted by atomic mass is 9.80. The van der Waals surface area contributed by atoms with Gasteiger partial charge in [-0.3, -0.25) is 4.98 Å². The van der Waals surface area contributed by atoms with E-state index in [-0.39, 0.29) is 5.41 Å². The van der Waals surface area contributed by atoms with Crippen molar-refractivity contribution in [3.63, 3.8) is 0 Å². The van der Waals surface area contributed by atoms with Crippen molar-refractivity contribution in [3.8, 4) is 33.4 Å². The fourth-order valence-corrected chi connectivity index (χ4v) is 5.85. The van der Waals surface area contributed by atoms with Crippen molar-refractivity contribution in [3.05, 3.63) is 127 Å². The van der Waals surface area contributed by atoms with E-state index in [1.807, 2.05) is 12.4 Å². The molecule has 1 nitrogen and oxygen atoms in total. The van der Waals surface area contributed by atoms with Crippen molar-refractivity contribution in [2.45, 2.75) is 19.3 Å². The third kappa shape index (κ3) is 3.05. The first-order valence-corrected chi connectivity index (χ1v) is 12.2. The molecule has 0 saturated carbocycles. The molecule has 0 radical (unpaired) electrons. The highest BCUT2D eigenvalue weighted by Gasteiger charge is 2.34. The van der Waals surface area contributed by atoms with Crippen molar-refractivity contribution >= 4 is 21.5 Å². The Morgan fingerprint density at radius 2 is 0.971 bits per heavy atom. The fourth-order valence-electron chi connectivity index (χ4n) is 5.85. The molecular formula is C34H25N. The van der Waals surface area contributed by atoms with Crippen LogP contribution in [0, 0.1) is 0 Å². The lowest BCUT2D eigenvalue weighted by Gasteiger charge is -2.23. The van der Waals surface area contributed by atoms with Crippen LogP contribution in [0.3, 0.4) is 0 Å². The Morgan fingerprint density at radius 1 is 0.457 bits per heavy atom. The molecule has 0 fully saturated rings. The summed E-state index contributed by atoms with van der Waals surface area (Å²) in [5, 5.41) is 5.47. The lowest BCUT2D eigenvalue weighted by Crippen LogP contribution is -2.15. The van der Waals surface area contributed by atoms with Crippen molar-refractivity contribution < 1.29 is 0 Å². The number of hydrogen-bond acceptors (Lipinski definition) is 1. The molecule has 0 amide bonds. The summed E-state index contributed by atoms with van der Waals surface area (Å²) < 4.78 is 0. The van der Waals surface area contributed by atoms with E-state index in [0.717, 1.165) is 0 Å². The highest BCUT2D eigenvalue weighted by Crippen LogP contribution is 2.51. The van der Waals surface area contributed by atoms with Gasteiger partial charge in [-0.15, -0.1) is 0 Å². The van der Waals surface area contributed by atoms with Crippen LogP contribution in [0.15, 0.2) is 116 Å². The molecule has 0 unspecified atom stereocenters. The summed E-state index contributed by atoms with van der Waals surface area (Å²) in [6, 6.07) is 37.9. The van der Waals surface area contributed by atoms with Crippen LogP contribution >= 0.6 is 0 Å². The highest BCUT2D eigenvalue weighted by atomic mass is 14.6. The molecule has 5 aromatic carbocycles. The van der Waals surface area contributed by atoms with Crippen LogP contribution < -0.4 is 0 Å². The summed E-state index contributed by atoms with van der Waals surface area (Å²) in [5.41, 5.74) is 10.3. The van der Waals surface area contributed by atoms with Gasteiger partial charge in [-0.05, 0) is 109 Å². The molecule has 1 heterocycles. The van der Waals surface area contributed by atoms with Gasteiger partial charge >= 0.3 is 0 Å². The van der Waals surface area contributed by atoms with E-state index in [1.54, 1.807) is 0 Å². The maximum Gasteiger partial charge on any atom is 0.0273 e. The normalized spacial score (nSPS) is 13.7. The van der Waals surface area contributed by atoms with E-state index in [4.69, 9.17) is 0 Å². The van der Waals surface area contributed by atoms with Crippen LogP contribution in [0.1, 0.15) is 25.0 Å². The molecule has 1 aromatic heterocycles. The van der Waals surface area contributed by atoms with Crippen molar-refractivity contribution in [2.24, 2.45) is 0 Å². The second kappa shape index (κ2) is 7.38. The third-order valence-corrected chi connectivity index (χ3v) is 7.69. The van der Waals surface area contributed by atoms with Crippen LogP contribution in [-0.2, 0) is 5.41 Å². The minimum absolute atomic E-state index is 0.0658. The standard InChI is InChI=1S/C34H25N/c1-34(2)30-20-28(22-7-4-3-5-8-22)18-26-11-12-27-19-29(21-31(34)33(27)32(26)30)25-10-6-9-24(17-25)23-13-15-35-16-14-23/h3-21H,1-2H3. The van der Waals surface area contributed by atoms with E-state index in [1.165, 1.54) is 66.1 Å². The van der Waals surface area contributed by atoms with Crippen LogP contribution in [0.25, 0.3) is 54.9 Å². The van der Waals surface area contributed by atoms with Gasteiger partial charge in [0.25, 0.3) is 0 Å². The first-order chi connectivity index (χ1) is 17.1. The number of benzene rings is 5. The molecule has 1 aliphatic rings. The molecule has 166 valence electrons. The van der Waals surface area contributed by atoms with Crippen molar-refractivity contribution in [1.82, 2.24) is 4.98 Å². The zero-order valence-electron chi connectivity index (χ0n) is 19.9. The van der Waals surface area contributed by atoms with Crippen LogP contribution in [0.2, 0.25) is 0 Å². The molecule has 35 heavy (non-hydrogen) atoms. The van der Waals surface area contributed by atoms with E-state index >= 15 is 0 Å². The highest BCUT2D eigenvalue weighted by molar-refractivity contribution is 6.16. The fraction of sp³-hybridized carbons (Fsp3) is 0.0882. The molecule has 7 rings (SSSR count). The Kier molecular flexibility index (Phi) is 4.25. The number of rotatable bonds is 3. The number of hydrogen-bond donors (Lipinski definition) is 0. The van der Waals surface area contributed by atoms with E-state index in [9.17, 15) is 0 Å². The van der Waals surface area contributed by atoms with E-state index in [2.05, 4.69) is 122 Å². The van der Waals surface area contributed by atoms with Crippen molar-refractivity contribution in [2.75, 3.05) is 0 Å². The molecule has 0 atom stereocenters. The third-order valence-electron chi connectivity index (χ3n) is 7.69. The molecule has 0 spiro atoms. The Labute approximate surface area is 205 Å². The van der Waals surface area contributed by atoms with Gasteiger partial charge in [0.15, 0.2) is 0 Å². The van der Waals surface area contributed by atoms with Gasteiger partial charge < -0.3 is 0 Å². The SMILES string of the molecule is CC1(C)c2cc(-c3ccccc3)cc3ccc4cc(-c5cccc(-c6ccncc6)c5)cc1c4c23. The molecular weight excluding hydrogens is 422 g/mol. The average Bonchev–Trinajstić information content (AvgIpc) is 3.15. The van der Waals surface area contributed by atoms with Crippen molar-refractivity contribution in [1.29, 1.82) is 0 Å². The largest absolute Gasteiger partial charge is 0.265 e. The summed E-state index contributed by atoms with van der Waals surface area (Å²) in [6.07, 6.45) is 3.71. The first kappa shape index (κ1) is 20.2. The molecule has 0 saturated heterocycles. The maximum atomic E-state index is 4.17. The summed E-state index contributed by atoms with van der Waals surface area (Å²) in [6.45, 7) is 4.75. The number of pyridine rings is 1. The predicted octanol–water partition coefficient (Wildman–Crippen LogP) is 9.03. The second-order valence-electron chi connectivity index (χ2n) is 10.1. The van der Waals surface area contributed by atoms with Gasteiger partial charge in [0.1, 0.15) is 0 Å². The zero-order valence-corrected chi connectivity index (χ0v) is 19.9. The Balaban J connectivity index is 1.43. The van der Waals surface area contributed by atoms with Crippen LogP contribution in [0.4, 0.5) is 0 Å². The number of nitrogens with zero attached hydrogens (tertiary/aromatic N) is 1. The molecule has 0 bridgehead atoms. The maximum absolute atomic E-state index is 4.17. The Morgan fingerprint density at radius 3 is 1.60 bits per heavy atom. The molecule has 1 aliphatic carbocycles. The first-order valence-electron chi connectivity index (χ1n) is 12.2. The second-order valence-corrected chi connectivity index (χ2v) is 10.1.